The molecule has 0 saturated carbocycles. The van der Waals surface area contributed by atoms with Gasteiger partial charge in [-0.3, -0.25) is 0 Å². The summed E-state index contributed by atoms with van der Waals surface area (Å²) in [5.74, 6) is 1.93. The lowest BCUT2D eigenvalue weighted by Crippen LogP contribution is -1.96. The second-order valence-corrected chi connectivity index (χ2v) is 6.34. The molecule has 0 aliphatic rings. The first-order valence-corrected chi connectivity index (χ1v) is 9.01. The standard InChI is InChI=1S/C24H22O/c1-3-19-21-11-7-5-9-17(21)13-15-23(19)25-24-16-14-18-10-6-8-12-22(18)20(24)4-2/h5-16H,3-4H2,1-2H3. The van der Waals surface area contributed by atoms with Crippen LogP contribution in [0.3, 0.4) is 0 Å². The lowest BCUT2D eigenvalue weighted by Gasteiger charge is -2.16. The number of ether oxygens (including phenoxy) is 1. The summed E-state index contributed by atoms with van der Waals surface area (Å²) < 4.78 is 6.44. The van der Waals surface area contributed by atoms with Gasteiger partial charge in [-0.1, -0.05) is 74.5 Å². The molecule has 1 heteroatoms. The molecule has 0 saturated heterocycles. The van der Waals surface area contributed by atoms with E-state index in [2.05, 4.69) is 86.6 Å². The zero-order valence-electron chi connectivity index (χ0n) is 14.8. The van der Waals surface area contributed by atoms with Gasteiger partial charge in [-0.25, -0.2) is 0 Å². The van der Waals surface area contributed by atoms with E-state index >= 15 is 0 Å². The maximum atomic E-state index is 6.44. The van der Waals surface area contributed by atoms with Gasteiger partial charge in [0.15, 0.2) is 0 Å². The number of fused-ring (bicyclic) bond motifs is 2. The smallest absolute Gasteiger partial charge is 0.131 e. The van der Waals surface area contributed by atoms with E-state index in [0.717, 1.165) is 24.3 Å². The number of hydrogen-bond donors (Lipinski definition) is 0. The Morgan fingerprint density at radius 1 is 0.560 bits per heavy atom. The van der Waals surface area contributed by atoms with Crippen LogP contribution in [-0.2, 0) is 12.8 Å². The molecule has 124 valence electrons. The minimum Gasteiger partial charge on any atom is -0.457 e. The Labute approximate surface area is 148 Å². The van der Waals surface area contributed by atoms with E-state index in [-0.39, 0.29) is 0 Å². The van der Waals surface area contributed by atoms with Crippen LogP contribution < -0.4 is 4.74 Å². The van der Waals surface area contributed by atoms with E-state index in [0.29, 0.717) is 0 Å². The quantitative estimate of drug-likeness (QED) is 0.396. The van der Waals surface area contributed by atoms with Gasteiger partial charge in [0.1, 0.15) is 11.5 Å². The summed E-state index contributed by atoms with van der Waals surface area (Å²) in [5.41, 5.74) is 2.54. The topological polar surface area (TPSA) is 9.23 Å². The molecule has 0 N–H and O–H groups in total. The first-order valence-electron chi connectivity index (χ1n) is 9.01. The van der Waals surface area contributed by atoms with Crippen molar-refractivity contribution in [3.05, 3.63) is 83.9 Å². The Morgan fingerprint density at radius 2 is 1.00 bits per heavy atom. The zero-order chi connectivity index (χ0) is 17.2. The monoisotopic (exact) mass is 326 g/mol. The SMILES string of the molecule is CCc1c(Oc2ccc3ccccc3c2CC)ccc2ccccc12. The predicted molar refractivity (Wildman–Crippen MR) is 107 cm³/mol. The van der Waals surface area contributed by atoms with Gasteiger partial charge in [0, 0.05) is 11.1 Å². The largest absolute Gasteiger partial charge is 0.457 e. The molecule has 1 nitrogen and oxygen atoms in total. The van der Waals surface area contributed by atoms with E-state index in [1.54, 1.807) is 0 Å². The Morgan fingerprint density at radius 3 is 1.44 bits per heavy atom. The fourth-order valence-electron chi connectivity index (χ4n) is 3.67. The molecule has 0 fully saturated rings. The van der Waals surface area contributed by atoms with Crippen LogP contribution in [0.2, 0.25) is 0 Å². The summed E-state index contributed by atoms with van der Waals surface area (Å²) in [6.45, 7) is 4.38. The van der Waals surface area contributed by atoms with Crippen molar-refractivity contribution in [1.29, 1.82) is 0 Å². The first kappa shape index (κ1) is 15.7. The van der Waals surface area contributed by atoms with Crippen molar-refractivity contribution in [2.24, 2.45) is 0 Å². The highest BCUT2D eigenvalue weighted by Crippen LogP contribution is 2.36. The summed E-state index contributed by atoms with van der Waals surface area (Å²) in [7, 11) is 0. The van der Waals surface area contributed by atoms with Crippen molar-refractivity contribution in [2.75, 3.05) is 0 Å². The summed E-state index contributed by atoms with van der Waals surface area (Å²) in [5, 5.41) is 5.09. The number of benzene rings is 4. The molecular formula is C24H22O. The van der Waals surface area contributed by atoms with Crippen LogP contribution in [0.15, 0.2) is 72.8 Å². The van der Waals surface area contributed by atoms with E-state index in [9.17, 15) is 0 Å². The molecule has 4 aromatic rings. The fourth-order valence-corrected chi connectivity index (χ4v) is 3.67. The van der Waals surface area contributed by atoms with Crippen LogP contribution >= 0.6 is 0 Å². The van der Waals surface area contributed by atoms with Gasteiger partial charge < -0.3 is 4.74 Å². The lowest BCUT2D eigenvalue weighted by molar-refractivity contribution is 0.473. The third kappa shape index (κ3) is 2.76. The second kappa shape index (κ2) is 6.60. The van der Waals surface area contributed by atoms with Gasteiger partial charge in [0.25, 0.3) is 0 Å². The molecule has 0 spiro atoms. The van der Waals surface area contributed by atoms with E-state index in [1.807, 2.05) is 0 Å². The van der Waals surface area contributed by atoms with Gasteiger partial charge in [0.2, 0.25) is 0 Å². The van der Waals surface area contributed by atoms with Crippen molar-refractivity contribution >= 4 is 21.5 Å². The summed E-state index contributed by atoms with van der Waals surface area (Å²) in [4.78, 5) is 0. The Bertz CT molecular complexity index is 961. The van der Waals surface area contributed by atoms with Crippen molar-refractivity contribution in [3.8, 4) is 11.5 Å². The maximum absolute atomic E-state index is 6.44. The van der Waals surface area contributed by atoms with Gasteiger partial charge in [0.05, 0.1) is 0 Å². The molecule has 4 aromatic carbocycles. The number of rotatable bonds is 4. The maximum Gasteiger partial charge on any atom is 0.131 e. The van der Waals surface area contributed by atoms with E-state index < -0.39 is 0 Å². The molecule has 0 aliphatic heterocycles. The zero-order valence-corrected chi connectivity index (χ0v) is 14.8. The minimum atomic E-state index is 0.950. The van der Waals surface area contributed by atoms with Gasteiger partial charge in [-0.05, 0) is 46.5 Å². The van der Waals surface area contributed by atoms with Crippen molar-refractivity contribution in [1.82, 2.24) is 0 Å². The fraction of sp³-hybridized carbons (Fsp3) is 0.167. The molecule has 0 aliphatic carbocycles. The van der Waals surface area contributed by atoms with E-state index in [1.165, 1.54) is 32.7 Å². The average molecular weight is 326 g/mol. The van der Waals surface area contributed by atoms with Gasteiger partial charge in [-0.15, -0.1) is 0 Å². The number of hydrogen-bond acceptors (Lipinski definition) is 1. The molecule has 25 heavy (non-hydrogen) atoms. The number of aryl methyl sites for hydroxylation is 2. The van der Waals surface area contributed by atoms with Crippen molar-refractivity contribution in [3.63, 3.8) is 0 Å². The highest BCUT2D eigenvalue weighted by Gasteiger charge is 2.12. The van der Waals surface area contributed by atoms with Crippen LogP contribution in [-0.4, -0.2) is 0 Å². The highest BCUT2D eigenvalue weighted by molar-refractivity contribution is 5.89. The van der Waals surface area contributed by atoms with Crippen LogP contribution in [0, 0.1) is 0 Å². The Balaban J connectivity index is 1.85. The van der Waals surface area contributed by atoms with Gasteiger partial charge in [-0.2, -0.15) is 0 Å². The lowest BCUT2D eigenvalue weighted by atomic mass is 10.0. The third-order valence-electron chi connectivity index (χ3n) is 4.92. The second-order valence-electron chi connectivity index (χ2n) is 6.34. The van der Waals surface area contributed by atoms with Crippen LogP contribution in [0.4, 0.5) is 0 Å². The molecule has 0 heterocycles. The summed E-state index contributed by atoms with van der Waals surface area (Å²) in [6, 6.07) is 25.6. The van der Waals surface area contributed by atoms with E-state index in [4.69, 9.17) is 4.74 Å². The Hall–Kier alpha value is -2.80. The summed E-state index contributed by atoms with van der Waals surface area (Å²) >= 11 is 0. The first-order chi connectivity index (χ1) is 12.3. The molecule has 0 atom stereocenters. The molecule has 0 aromatic heterocycles. The minimum absolute atomic E-state index is 0.950. The van der Waals surface area contributed by atoms with Crippen molar-refractivity contribution in [2.45, 2.75) is 26.7 Å². The van der Waals surface area contributed by atoms with Crippen LogP contribution in [0.1, 0.15) is 25.0 Å². The van der Waals surface area contributed by atoms with Crippen molar-refractivity contribution < 1.29 is 4.74 Å². The molecule has 4 rings (SSSR count). The summed E-state index contributed by atoms with van der Waals surface area (Å²) in [6.07, 6.45) is 1.90. The molecule has 0 unspecified atom stereocenters. The molecule has 0 radical (unpaired) electrons. The molecule has 0 bridgehead atoms. The normalized spacial score (nSPS) is 11.1. The predicted octanol–water partition coefficient (Wildman–Crippen LogP) is 6.91. The van der Waals surface area contributed by atoms with Crippen LogP contribution in [0.5, 0.6) is 11.5 Å². The van der Waals surface area contributed by atoms with Crippen LogP contribution in [0.25, 0.3) is 21.5 Å². The average Bonchev–Trinajstić information content (AvgIpc) is 2.67. The third-order valence-corrected chi connectivity index (χ3v) is 4.92. The molecule has 0 amide bonds. The Kier molecular flexibility index (Phi) is 4.15. The van der Waals surface area contributed by atoms with Gasteiger partial charge >= 0.3 is 0 Å². The molecular weight excluding hydrogens is 304 g/mol. The highest BCUT2D eigenvalue weighted by atomic mass is 16.5.